The molecule has 6 nitrogen and oxygen atoms in total. The molecule has 0 fully saturated rings. The van der Waals surface area contributed by atoms with Gasteiger partial charge in [0.2, 0.25) is 0 Å². The lowest BCUT2D eigenvalue weighted by Gasteiger charge is -1.98. The van der Waals surface area contributed by atoms with Crippen molar-refractivity contribution in [2.75, 3.05) is 0 Å². The van der Waals surface area contributed by atoms with E-state index in [2.05, 4.69) is 22.3 Å². The number of carbonyl (C=O) groups excluding carboxylic acids is 1. The number of rotatable bonds is 4. The Labute approximate surface area is 154 Å². The maximum absolute atomic E-state index is 12.3. The molecule has 0 atom stereocenters. The molecular weight excluding hydrogens is 372 g/mol. The van der Waals surface area contributed by atoms with E-state index in [0.717, 1.165) is 14.8 Å². The van der Waals surface area contributed by atoms with Crippen molar-refractivity contribution in [3.8, 4) is 11.7 Å². The van der Waals surface area contributed by atoms with E-state index in [1.165, 1.54) is 22.3 Å². The SMILES string of the molecule is O=C(OCc1nnc(-c2ccco2)o1)c1cc2sc3ccccc3c2s1. The first-order valence-corrected chi connectivity index (χ1v) is 9.36. The highest BCUT2D eigenvalue weighted by atomic mass is 32.1. The number of benzene rings is 1. The summed E-state index contributed by atoms with van der Waals surface area (Å²) in [5.41, 5.74) is 0. The molecule has 0 N–H and O–H groups in total. The molecule has 0 radical (unpaired) electrons. The number of hydrogen-bond donors (Lipinski definition) is 0. The average Bonchev–Trinajstić information content (AvgIpc) is 3.42. The third-order valence-electron chi connectivity index (χ3n) is 3.78. The molecule has 0 aliphatic heterocycles. The predicted molar refractivity (Wildman–Crippen MR) is 98.3 cm³/mol. The number of aromatic nitrogens is 2. The third kappa shape index (κ3) is 2.59. The Bertz CT molecular complexity index is 1220. The number of furan rings is 1. The van der Waals surface area contributed by atoms with Gasteiger partial charge >= 0.3 is 5.97 Å². The minimum absolute atomic E-state index is 0.0845. The van der Waals surface area contributed by atoms with Crippen molar-refractivity contribution in [2.24, 2.45) is 0 Å². The minimum atomic E-state index is -0.403. The second kappa shape index (κ2) is 6.08. The van der Waals surface area contributed by atoms with Crippen molar-refractivity contribution in [1.82, 2.24) is 10.2 Å². The monoisotopic (exact) mass is 382 g/mol. The Morgan fingerprint density at radius 1 is 1.08 bits per heavy atom. The Morgan fingerprint density at radius 2 is 2.00 bits per heavy atom. The number of fused-ring (bicyclic) bond motifs is 3. The van der Waals surface area contributed by atoms with Crippen molar-refractivity contribution < 1.29 is 18.4 Å². The fourth-order valence-electron chi connectivity index (χ4n) is 2.61. The van der Waals surface area contributed by atoms with Gasteiger partial charge < -0.3 is 13.6 Å². The standard InChI is InChI=1S/C18H10N2O4S2/c21-18(23-9-15-19-20-17(24-15)11-5-3-7-22-11)14-8-13-16(26-14)10-4-1-2-6-12(10)25-13/h1-8H,9H2. The number of hydrogen-bond acceptors (Lipinski definition) is 8. The molecule has 0 amide bonds. The fraction of sp³-hybridized carbons (Fsp3) is 0.0556. The maximum atomic E-state index is 12.3. The van der Waals surface area contributed by atoms with Gasteiger partial charge in [-0.3, -0.25) is 0 Å². The van der Waals surface area contributed by atoms with Gasteiger partial charge in [0.1, 0.15) is 4.88 Å². The van der Waals surface area contributed by atoms with E-state index < -0.39 is 5.97 Å². The first-order valence-electron chi connectivity index (χ1n) is 7.72. The van der Waals surface area contributed by atoms with Crippen LogP contribution in [0.25, 0.3) is 31.1 Å². The second-order valence-corrected chi connectivity index (χ2v) is 7.59. The quantitative estimate of drug-likeness (QED) is 0.402. The molecule has 0 unspecified atom stereocenters. The van der Waals surface area contributed by atoms with Gasteiger partial charge in [0, 0.05) is 14.8 Å². The molecule has 0 spiro atoms. The number of thiophene rings is 2. The predicted octanol–water partition coefficient (Wildman–Crippen LogP) is 5.12. The molecule has 4 heterocycles. The average molecular weight is 382 g/mol. The minimum Gasteiger partial charge on any atom is -0.459 e. The van der Waals surface area contributed by atoms with Crippen LogP contribution in [0.3, 0.4) is 0 Å². The van der Waals surface area contributed by atoms with Crippen LogP contribution in [0.5, 0.6) is 0 Å². The molecule has 1 aromatic carbocycles. The van der Waals surface area contributed by atoms with Crippen LogP contribution in [0, 0.1) is 0 Å². The van der Waals surface area contributed by atoms with E-state index >= 15 is 0 Å². The molecule has 26 heavy (non-hydrogen) atoms. The van der Waals surface area contributed by atoms with Crippen molar-refractivity contribution in [3.63, 3.8) is 0 Å². The van der Waals surface area contributed by atoms with Crippen molar-refractivity contribution >= 4 is 48.1 Å². The molecule has 0 aliphatic carbocycles. The van der Waals surface area contributed by atoms with Crippen molar-refractivity contribution in [3.05, 3.63) is 59.5 Å². The highest BCUT2D eigenvalue weighted by molar-refractivity contribution is 7.33. The van der Waals surface area contributed by atoms with Gasteiger partial charge in [0.25, 0.3) is 11.8 Å². The summed E-state index contributed by atoms with van der Waals surface area (Å²) in [6.45, 7) is -0.0845. The topological polar surface area (TPSA) is 78.4 Å². The summed E-state index contributed by atoms with van der Waals surface area (Å²) < 4.78 is 19.3. The van der Waals surface area contributed by atoms with Crippen LogP contribution >= 0.6 is 22.7 Å². The van der Waals surface area contributed by atoms with Gasteiger partial charge in [-0.25, -0.2) is 4.79 Å². The smallest absolute Gasteiger partial charge is 0.348 e. The first-order chi connectivity index (χ1) is 12.8. The van der Waals surface area contributed by atoms with Crippen molar-refractivity contribution in [2.45, 2.75) is 6.61 Å². The number of esters is 1. The Kier molecular flexibility index (Phi) is 3.58. The third-order valence-corrected chi connectivity index (χ3v) is 6.17. The summed E-state index contributed by atoms with van der Waals surface area (Å²) in [7, 11) is 0. The first kappa shape index (κ1) is 15.3. The van der Waals surface area contributed by atoms with E-state index in [0.29, 0.717) is 10.6 Å². The van der Waals surface area contributed by atoms with E-state index in [1.54, 1.807) is 23.5 Å². The molecule has 128 valence electrons. The lowest BCUT2D eigenvalue weighted by molar-refractivity contribution is 0.0444. The molecule has 8 heteroatoms. The molecule has 4 aromatic heterocycles. The van der Waals surface area contributed by atoms with Crippen LogP contribution in [0.1, 0.15) is 15.6 Å². The lowest BCUT2D eigenvalue weighted by Crippen LogP contribution is -2.03. The van der Waals surface area contributed by atoms with E-state index in [1.807, 2.05) is 18.2 Å². The molecule has 5 rings (SSSR count). The van der Waals surface area contributed by atoms with E-state index in [9.17, 15) is 4.79 Å². The largest absolute Gasteiger partial charge is 0.459 e. The zero-order valence-electron chi connectivity index (χ0n) is 13.2. The zero-order chi connectivity index (χ0) is 17.5. The second-order valence-electron chi connectivity index (χ2n) is 5.46. The van der Waals surface area contributed by atoms with Gasteiger partial charge in [-0.15, -0.1) is 32.9 Å². The van der Waals surface area contributed by atoms with Crippen LogP contribution in [0.4, 0.5) is 0 Å². The van der Waals surface area contributed by atoms with Crippen LogP contribution < -0.4 is 0 Å². The number of ether oxygens (including phenoxy) is 1. The summed E-state index contributed by atoms with van der Waals surface area (Å²) in [5, 5.41) is 8.90. The molecule has 0 saturated heterocycles. The van der Waals surface area contributed by atoms with Crippen LogP contribution in [0.15, 0.2) is 57.6 Å². The van der Waals surface area contributed by atoms with Crippen LogP contribution in [-0.2, 0) is 11.3 Å². The maximum Gasteiger partial charge on any atom is 0.348 e. The summed E-state index contributed by atoms with van der Waals surface area (Å²) in [5.74, 6) is 0.540. The van der Waals surface area contributed by atoms with Crippen molar-refractivity contribution in [1.29, 1.82) is 0 Å². The Hall–Kier alpha value is -2.97. The molecule has 0 saturated carbocycles. The Balaban J connectivity index is 1.33. The van der Waals surface area contributed by atoms with Gasteiger partial charge in [-0.05, 0) is 24.3 Å². The van der Waals surface area contributed by atoms with Gasteiger partial charge in [-0.2, -0.15) is 0 Å². The lowest BCUT2D eigenvalue weighted by atomic mass is 10.2. The number of nitrogens with zero attached hydrogens (tertiary/aromatic N) is 2. The molecule has 5 aromatic rings. The highest BCUT2D eigenvalue weighted by Crippen LogP contribution is 2.39. The summed E-state index contributed by atoms with van der Waals surface area (Å²) in [4.78, 5) is 12.9. The summed E-state index contributed by atoms with van der Waals surface area (Å²) >= 11 is 3.10. The van der Waals surface area contributed by atoms with Gasteiger partial charge in [0.15, 0.2) is 12.4 Å². The van der Waals surface area contributed by atoms with Gasteiger partial charge in [0.05, 0.1) is 11.0 Å². The van der Waals surface area contributed by atoms with E-state index in [4.69, 9.17) is 13.6 Å². The normalized spacial score (nSPS) is 11.4. The van der Waals surface area contributed by atoms with Gasteiger partial charge in [-0.1, -0.05) is 18.2 Å². The Morgan fingerprint density at radius 3 is 2.88 bits per heavy atom. The molecular formula is C18H10N2O4S2. The van der Waals surface area contributed by atoms with Crippen LogP contribution in [0.2, 0.25) is 0 Å². The zero-order valence-corrected chi connectivity index (χ0v) is 14.8. The summed E-state index contributed by atoms with van der Waals surface area (Å²) in [6.07, 6.45) is 1.52. The number of carbonyl (C=O) groups is 1. The highest BCUT2D eigenvalue weighted by Gasteiger charge is 2.17. The van der Waals surface area contributed by atoms with Crippen LogP contribution in [-0.4, -0.2) is 16.2 Å². The molecule has 0 bridgehead atoms. The molecule has 0 aliphatic rings. The van der Waals surface area contributed by atoms with E-state index in [-0.39, 0.29) is 18.4 Å². The fourth-order valence-corrected chi connectivity index (χ4v) is 5.03. The summed E-state index contributed by atoms with van der Waals surface area (Å²) in [6, 6.07) is 13.5.